The van der Waals surface area contributed by atoms with Gasteiger partial charge in [-0.15, -0.1) is 0 Å². The maximum Gasteiger partial charge on any atom is 0.146 e. The van der Waals surface area contributed by atoms with Crippen LogP contribution in [0.4, 0.5) is 0 Å². The minimum absolute atomic E-state index is 0.0535. The quantitative estimate of drug-likeness (QED) is 0.189. The average molecular weight is 599 g/mol. The molecule has 0 radical (unpaired) electrons. The summed E-state index contributed by atoms with van der Waals surface area (Å²) in [6.07, 6.45) is 1.08. The third-order valence-corrected chi connectivity index (χ3v) is 7.77. The maximum absolute atomic E-state index is 5.30. The summed E-state index contributed by atoms with van der Waals surface area (Å²) in [5.41, 5.74) is 13.9. The van der Waals surface area contributed by atoms with Crippen molar-refractivity contribution in [3.05, 3.63) is 81.5 Å². The molecule has 2 heterocycles. The van der Waals surface area contributed by atoms with Gasteiger partial charge in [0.2, 0.25) is 0 Å². The molecule has 0 aliphatic rings. The van der Waals surface area contributed by atoms with Crippen LogP contribution in [-0.2, 0) is 5.41 Å². The van der Waals surface area contributed by atoms with E-state index in [4.69, 9.17) is 4.98 Å². The fourth-order valence-corrected chi connectivity index (χ4v) is 5.80. The van der Waals surface area contributed by atoms with Gasteiger partial charge in [0.05, 0.1) is 16.9 Å². The second-order valence-electron chi connectivity index (χ2n) is 11.0. The number of fused-ring (bicyclic) bond motifs is 6. The Morgan fingerprint density at radius 1 is 0.614 bits per heavy atom. The van der Waals surface area contributed by atoms with E-state index in [1.165, 1.54) is 66.3 Å². The maximum atomic E-state index is 5.30. The molecule has 5 aromatic rings. The SMILES string of the molecule is CC.CC.CC.CC.CC.CCC(C)(C)c1cc(C)cc2c3cc(C)ccc3n3c(-c4c(C)cc(C)cc4C)c(C)nc3c12. The predicted molar refractivity (Wildman–Crippen MR) is 204 cm³/mol. The van der Waals surface area contributed by atoms with Crippen molar-refractivity contribution < 1.29 is 0 Å². The molecular formula is C42H66N2. The van der Waals surface area contributed by atoms with Gasteiger partial charge in [0.25, 0.3) is 0 Å². The second-order valence-corrected chi connectivity index (χ2v) is 11.0. The Balaban J connectivity index is 0.00000169. The average Bonchev–Trinajstić information content (AvgIpc) is 3.37. The van der Waals surface area contributed by atoms with Crippen LogP contribution in [0.1, 0.15) is 136 Å². The Bertz CT molecular complexity index is 1590. The summed E-state index contributed by atoms with van der Waals surface area (Å²) in [4.78, 5) is 5.30. The van der Waals surface area contributed by atoms with Gasteiger partial charge in [0.1, 0.15) is 5.65 Å². The van der Waals surface area contributed by atoms with Crippen LogP contribution in [0, 0.1) is 41.5 Å². The fourth-order valence-electron chi connectivity index (χ4n) is 5.80. The molecule has 0 unspecified atom stereocenters. The lowest BCUT2D eigenvalue weighted by Crippen LogP contribution is -2.17. The number of imidazole rings is 1. The summed E-state index contributed by atoms with van der Waals surface area (Å²) in [6.45, 7) is 40.2. The third-order valence-electron chi connectivity index (χ3n) is 7.77. The van der Waals surface area contributed by atoms with E-state index >= 15 is 0 Å². The van der Waals surface area contributed by atoms with Crippen LogP contribution in [0.2, 0.25) is 0 Å². The molecule has 0 N–H and O–H groups in total. The zero-order chi connectivity index (χ0) is 34.5. The van der Waals surface area contributed by atoms with Gasteiger partial charge in [-0.05, 0) is 87.6 Å². The van der Waals surface area contributed by atoms with E-state index in [-0.39, 0.29) is 5.41 Å². The number of hydrogen-bond acceptors (Lipinski definition) is 1. The molecule has 244 valence electrons. The molecule has 0 atom stereocenters. The molecule has 2 aromatic heterocycles. The molecule has 0 saturated heterocycles. The van der Waals surface area contributed by atoms with Crippen LogP contribution in [-0.4, -0.2) is 9.38 Å². The minimum atomic E-state index is 0.0535. The lowest BCUT2D eigenvalue weighted by Gasteiger charge is -2.27. The molecule has 2 nitrogen and oxygen atoms in total. The van der Waals surface area contributed by atoms with E-state index in [0.29, 0.717) is 0 Å². The van der Waals surface area contributed by atoms with Crippen LogP contribution in [0.5, 0.6) is 0 Å². The Kier molecular flexibility index (Phi) is 17.3. The first-order valence-corrected chi connectivity index (χ1v) is 17.5. The van der Waals surface area contributed by atoms with Gasteiger partial charge < -0.3 is 0 Å². The Morgan fingerprint density at radius 3 is 1.59 bits per heavy atom. The normalized spacial score (nSPS) is 10.2. The summed E-state index contributed by atoms with van der Waals surface area (Å²) in [5.74, 6) is 0. The van der Waals surface area contributed by atoms with Crippen molar-refractivity contribution in [2.75, 3.05) is 0 Å². The first kappa shape index (κ1) is 40.9. The number of benzene rings is 3. The number of aromatic nitrogens is 2. The largest absolute Gasteiger partial charge is 0.291 e. The second kappa shape index (κ2) is 18.6. The van der Waals surface area contributed by atoms with E-state index in [0.717, 1.165) is 17.8 Å². The first-order valence-electron chi connectivity index (χ1n) is 17.5. The van der Waals surface area contributed by atoms with Crippen LogP contribution in [0.3, 0.4) is 0 Å². The van der Waals surface area contributed by atoms with E-state index in [1.807, 2.05) is 69.2 Å². The molecule has 0 aliphatic heterocycles. The number of aryl methyl sites for hydroxylation is 6. The van der Waals surface area contributed by atoms with Crippen molar-refractivity contribution in [2.24, 2.45) is 0 Å². The van der Waals surface area contributed by atoms with E-state index in [9.17, 15) is 0 Å². The van der Waals surface area contributed by atoms with E-state index in [2.05, 4.69) is 109 Å². The van der Waals surface area contributed by atoms with Gasteiger partial charge in [-0.1, -0.05) is 137 Å². The molecule has 2 heteroatoms. The molecule has 0 amide bonds. The molecular weight excluding hydrogens is 532 g/mol. The van der Waals surface area contributed by atoms with Gasteiger partial charge in [0, 0.05) is 16.3 Å². The van der Waals surface area contributed by atoms with Crippen LogP contribution >= 0.6 is 0 Å². The zero-order valence-corrected chi connectivity index (χ0v) is 32.1. The highest BCUT2D eigenvalue weighted by molar-refractivity contribution is 6.14. The summed E-state index contributed by atoms with van der Waals surface area (Å²) in [7, 11) is 0. The van der Waals surface area contributed by atoms with E-state index < -0.39 is 0 Å². The van der Waals surface area contributed by atoms with Crippen LogP contribution in [0.25, 0.3) is 38.6 Å². The molecule has 0 bridgehead atoms. The van der Waals surface area contributed by atoms with Gasteiger partial charge >= 0.3 is 0 Å². The highest BCUT2D eigenvalue weighted by Crippen LogP contribution is 2.42. The van der Waals surface area contributed by atoms with E-state index in [1.54, 1.807) is 0 Å². The van der Waals surface area contributed by atoms with Crippen molar-refractivity contribution >= 4 is 27.3 Å². The number of pyridine rings is 1. The topological polar surface area (TPSA) is 17.3 Å². The summed E-state index contributed by atoms with van der Waals surface area (Å²) in [5, 5.41) is 3.92. The first-order chi connectivity index (χ1) is 21.0. The predicted octanol–water partition coefficient (Wildman–Crippen LogP) is 14.0. The molecule has 0 spiro atoms. The highest BCUT2D eigenvalue weighted by Gasteiger charge is 2.26. The molecule has 0 fully saturated rings. The summed E-state index contributed by atoms with van der Waals surface area (Å²) in [6, 6.07) is 16.2. The third kappa shape index (κ3) is 8.12. The van der Waals surface area contributed by atoms with Gasteiger partial charge in [-0.3, -0.25) is 4.40 Å². The molecule has 0 saturated carbocycles. The minimum Gasteiger partial charge on any atom is -0.291 e. The molecule has 44 heavy (non-hydrogen) atoms. The smallest absolute Gasteiger partial charge is 0.146 e. The Morgan fingerprint density at radius 2 is 1.09 bits per heavy atom. The van der Waals surface area contributed by atoms with Crippen LogP contribution < -0.4 is 0 Å². The van der Waals surface area contributed by atoms with Crippen molar-refractivity contribution in [3.8, 4) is 11.3 Å². The van der Waals surface area contributed by atoms with Crippen molar-refractivity contribution in [2.45, 2.75) is 143 Å². The van der Waals surface area contributed by atoms with Crippen molar-refractivity contribution in [3.63, 3.8) is 0 Å². The fraction of sp³-hybridized carbons (Fsp3) is 0.500. The monoisotopic (exact) mass is 599 g/mol. The lowest BCUT2D eigenvalue weighted by atomic mass is 9.78. The van der Waals surface area contributed by atoms with Gasteiger partial charge in [-0.25, -0.2) is 4.98 Å². The van der Waals surface area contributed by atoms with Crippen molar-refractivity contribution in [1.29, 1.82) is 0 Å². The van der Waals surface area contributed by atoms with Gasteiger partial charge in [0.15, 0.2) is 0 Å². The number of hydrogen-bond donors (Lipinski definition) is 0. The zero-order valence-electron chi connectivity index (χ0n) is 32.1. The number of rotatable bonds is 3. The summed E-state index contributed by atoms with van der Waals surface area (Å²) < 4.78 is 2.45. The summed E-state index contributed by atoms with van der Waals surface area (Å²) >= 11 is 0. The number of nitrogens with zero attached hydrogens (tertiary/aromatic N) is 2. The molecule has 3 aromatic carbocycles. The molecule has 0 aliphatic carbocycles. The van der Waals surface area contributed by atoms with Gasteiger partial charge in [-0.2, -0.15) is 0 Å². The molecule has 5 rings (SSSR count). The van der Waals surface area contributed by atoms with Crippen LogP contribution in [0.15, 0.2) is 42.5 Å². The van der Waals surface area contributed by atoms with Crippen molar-refractivity contribution in [1.82, 2.24) is 9.38 Å². The Hall–Kier alpha value is -3.13. The standard InChI is InChI=1S/C32H36N2.5C2H6/c1-10-32(8,9)26-17-20(4)16-25-24-15-18(2)11-12-27(24)34-30(23(7)33-31(34)29(25)26)28-21(5)13-19(3)14-22(28)6;5*1-2/h11-17H,10H2,1-9H3;5*1-2H3. The lowest BCUT2D eigenvalue weighted by molar-refractivity contribution is 0.510. The highest BCUT2D eigenvalue weighted by atomic mass is 15.0. The Labute approximate surface area is 272 Å².